The molecule has 0 spiro atoms. The predicted octanol–water partition coefficient (Wildman–Crippen LogP) is 1.23. The Balaban J connectivity index is 2.60. The topological polar surface area (TPSA) is 72.6 Å². The molecule has 100 valence electrons. The quantitative estimate of drug-likeness (QED) is 0.839. The molecule has 0 saturated carbocycles. The van der Waals surface area contributed by atoms with Crippen LogP contribution in [0.4, 0.5) is 5.69 Å². The second-order valence-corrected chi connectivity index (χ2v) is 6.39. The molecular formula is C12H18N2O3S. The predicted molar refractivity (Wildman–Crippen MR) is 70.2 cm³/mol. The highest BCUT2D eigenvalue weighted by molar-refractivity contribution is 7.89. The van der Waals surface area contributed by atoms with Crippen molar-refractivity contribution in [1.29, 1.82) is 0 Å². The van der Waals surface area contributed by atoms with E-state index in [-0.39, 0.29) is 4.90 Å². The van der Waals surface area contributed by atoms with Gasteiger partial charge >= 0.3 is 0 Å². The SMILES string of the molecule is CCN(C)S(=O)(=O)c1cc(N)cc2c1OCCC2. The van der Waals surface area contributed by atoms with Crippen molar-refractivity contribution >= 4 is 15.7 Å². The van der Waals surface area contributed by atoms with Crippen molar-refractivity contribution in [2.24, 2.45) is 0 Å². The summed E-state index contributed by atoms with van der Waals surface area (Å²) in [6.07, 6.45) is 1.69. The van der Waals surface area contributed by atoms with E-state index >= 15 is 0 Å². The van der Waals surface area contributed by atoms with E-state index in [1.807, 2.05) is 0 Å². The lowest BCUT2D eigenvalue weighted by Gasteiger charge is -2.23. The number of ether oxygens (including phenoxy) is 1. The number of fused-ring (bicyclic) bond motifs is 1. The van der Waals surface area contributed by atoms with Gasteiger partial charge in [0.15, 0.2) is 0 Å². The zero-order valence-electron chi connectivity index (χ0n) is 10.6. The zero-order valence-corrected chi connectivity index (χ0v) is 11.5. The maximum atomic E-state index is 12.4. The summed E-state index contributed by atoms with van der Waals surface area (Å²) in [5.74, 6) is 0.468. The summed E-state index contributed by atoms with van der Waals surface area (Å²) in [6, 6.07) is 3.27. The summed E-state index contributed by atoms with van der Waals surface area (Å²) >= 11 is 0. The van der Waals surface area contributed by atoms with Crippen LogP contribution in [0.1, 0.15) is 18.9 Å². The van der Waals surface area contributed by atoms with Crippen molar-refractivity contribution in [3.8, 4) is 5.75 Å². The van der Waals surface area contributed by atoms with Gasteiger partial charge in [-0.05, 0) is 30.5 Å². The summed E-state index contributed by atoms with van der Waals surface area (Å²) < 4.78 is 31.6. The maximum absolute atomic E-state index is 12.4. The second-order valence-electron chi connectivity index (χ2n) is 4.38. The molecule has 0 radical (unpaired) electrons. The fraction of sp³-hybridized carbons (Fsp3) is 0.500. The highest BCUT2D eigenvalue weighted by Gasteiger charge is 2.27. The van der Waals surface area contributed by atoms with E-state index < -0.39 is 10.0 Å². The van der Waals surface area contributed by atoms with Gasteiger partial charge in [-0.25, -0.2) is 12.7 Å². The molecule has 0 aliphatic carbocycles. The monoisotopic (exact) mass is 270 g/mol. The third-order valence-electron chi connectivity index (χ3n) is 3.12. The van der Waals surface area contributed by atoms with Gasteiger partial charge in [0.2, 0.25) is 10.0 Å². The zero-order chi connectivity index (χ0) is 13.3. The fourth-order valence-corrected chi connectivity index (χ4v) is 3.38. The molecule has 0 fully saturated rings. The van der Waals surface area contributed by atoms with E-state index in [0.29, 0.717) is 24.6 Å². The van der Waals surface area contributed by atoms with Crippen LogP contribution in [0, 0.1) is 0 Å². The molecule has 5 nitrogen and oxygen atoms in total. The van der Waals surface area contributed by atoms with Crippen LogP contribution >= 0.6 is 0 Å². The Bertz CT molecular complexity index is 555. The molecule has 1 aliphatic heterocycles. The first-order valence-corrected chi connectivity index (χ1v) is 7.42. The van der Waals surface area contributed by atoms with Crippen molar-refractivity contribution in [3.05, 3.63) is 17.7 Å². The van der Waals surface area contributed by atoms with Gasteiger partial charge in [0.25, 0.3) is 0 Å². The van der Waals surface area contributed by atoms with Gasteiger partial charge in [-0.2, -0.15) is 0 Å². The minimum Gasteiger partial charge on any atom is -0.492 e. The molecule has 0 atom stereocenters. The summed E-state index contributed by atoms with van der Waals surface area (Å²) in [5.41, 5.74) is 7.12. The van der Waals surface area contributed by atoms with Gasteiger partial charge < -0.3 is 10.5 Å². The summed E-state index contributed by atoms with van der Waals surface area (Å²) in [6.45, 7) is 2.75. The number of sulfonamides is 1. The third-order valence-corrected chi connectivity index (χ3v) is 5.06. The van der Waals surface area contributed by atoms with Crippen molar-refractivity contribution in [2.75, 3.05) is 25.9 Å². The third kappa shape index (κ3) is 2.18. The Morgan fingerprint density at radius 2 is 2.17 bits per heavy atom. The molecule has 1 aromatic rings. The van der Waals surface area contributed by atoms with Crippen LogP contribution in [0.25, 0.3) is 0 Å². The Labute approximate surface area is 108 Å². The standard InChI is InChI=1S/C12H18N2O3S/c1-3-14(2)18(15,16)11-8-10(13)7-9-5-4-6-17-12(9)11/h7-8H,3-6,13H2,1-2H3. The van der Waals surface area contributed by atoms with Gasteiger partial charge in [-0.1, -0.05) is 6.92 Å². The van der Waals surface area contributed by atoms with Crippen LogP contribution in [0.2, 0.25) is 0 Å². The molecule has 18 heavy (non-hydrogen) atoms. The van der Waals surface area contributed by atoms with E-state index in [1.54, 1.807) is 20.0 Å². The van der Waals surface area contributed by atoms with Crippen LogP contribution in [0.5, 0.6) is 5.75 Å². The van der Waals surface area contributed by atoms with Crippen molar-refractivity contribution in [3.63, 3.8) is 0 Å². The molecule has 1 aromatic carbocycles. The Kier molecular flexibility index (Phi) is 3.49. The number of nitrogens with two attached hydrogens (primary N) is 1. The van der Waals surface area contributed by atoms with Gasteiger partial charge in [0.05, 0.1) is 6.61 Å². The average Bonchev–Trinajstić information content (AvgIpc) is 2.36. The molecule has 0 aromatic heterocycles. The number of hydrogen-bond donors (Lipinski definition) is 1. The van der Waals surface area contributed by atoms with E-state index in [4.69, 9.17) is 10.5 Å². The molecule has 6 heteroatoms. The number of nitrogens with zero attached hydrogens (tertiary/aromatic N) is 1. The lowest BCUT2D eigenvalue weighted by atomic mass is 10.1. The van der Waals surface area contributed by atoms with E-state index in [2.05, 4.69) is 0 Å². The normalized spacial score (nSPS) is 15.3. The van der Waals surface area contributed by atoms with Crippen molar-refractivity contribution in [2.45, 2.75) is 24.7 Å². The smallest absolute Gasteiger partial charge is 0.246 e. The minimum atomic E-state index is -3.52. The highest BCUT2D eigenvalue weighted by Crippen LogP contribution is 2.35. The van der Waals surface area contributed by atoms with Crippen LogP contribution in [0.3, 0.4) is 0 Å². The van der Waals surface area contributed by atoms with E-state index in [9.17, 15) is 8.42 Å². The van der Waals surface area contributed by atoms with Gasteiger partial charge in [0.1, 0.15) is 10.6 Å². The number of hydrogen-bond acceptors (Lipinski definition) is 4. The first kappa shape index (κ1) is 13.2. The van der Waals surface area contributed by atoms with Crippen LogP contribution < -0.4 is 10.5 Å². The van der Waals surface area contributed by atoms with Crippen LogP contribution in [-0.4, -0.2) is 32.9 Å². The molecule has 0 bridgehead atoms. The number of rotatable bonds is 3. The maximum Gasteiger partial charge on any atom is 0.246 e. The molecule has 1 heterocycles. The molecule has 0 amide bonds. The largest absolute Gasteiger partial charge is 0.492 e. The van der Waals surface area contributed by atoms with E-state index in [0.717, 1.165) is 18.4 Å². The van der Waals surface area contributed by atoms with Gasteiger partial charge in [-0.3, -0.25) is 0 Å². The lowest BCUT2D eigenvalue weighted by molar-refractivity contribution is 0.279. The summed E-state index contributed by atoms with van der Waals surface area (Å²) in [4.78, 5) is 0.182. The molecule has 2 rings (SSSR count). The Morgan fingerprint density at radius 3 is 2.83 bits per heavy atom. The molecule has 1 aliphatic rings. The average molecular weight is 270 g/mol. The van der Waals surface area contributed by atoms with Gasteiger partial charge in [0, 0.05) is 19.3 Å². The molecule has 0 saturated heterocycles. The fourth-order valence-electron chi connectivity index (χ4n) is 2.00. The molecule has 2 N–H and O–H groups in total. The first-order valence-electron chi connectivity index (χ1n) is 5.98. The molecular weight excluding hydrogens is 252 g/mol. The number of benzene rings is 1. The summed E-state index contributed by atoms with van der Waals surface area (Å²) in [7, 11) is -1.98. The van der Waals surface area contributed by atoms with Gasteiger partial charge in [-0.15, -0.1) is 0 Å². The van der Waals surface area contributed by atoms with Crippen molar-refractivity contribution in [1.82, 2.24) is 4.31 Å². The number of aryl methyl sites for hydroxylation is 1. The molecule has 0 unspecified atom stereocenters. The van der Waals surface area contributed by atoms with Crippen LogP contribution in [0.15, 0.2) is 17.0 Å². The van der Waals surface area contributed by atoms with Crippen molar-refractivity contribution < 1.29 is 13.2 Å². The highest BCUT2D eigenvalue weighted by atomic mass is 32.2. The first-order chi connectivity index (χ1) is 8.46. The lowest BCUT2D eigenvalue weighted by Crippen LogP contribution is -2.28. The number of anilines is 1. The van der Waals surface area contributed by atoms with Crippen LogP contribution in [-0.2, 0) is 16.4 Å². The minimum absolute atomic E-state index is 0.182. The Morgan fingerprint density at radius 1 is 1.44 bits per heavy atom. The van der Waals surface area contributed by atoms with E-state index in [1.165, 1.54) is 10.4 Å². The summed E-state index contributed by atoms with van der Waals surface area (Å²) in [5, 5.41) is 0. The second kappa shape index (κ2) is 4.78. The Hall–Kier alpha value is -1.27. The number of nitrogen functional groups attached to an aromatic ring is 1.